The number of piperidine rings is 1. The van der Waals surface area contributed by atoms with Gasteiger partial charge < -0.3 is 14.7 Å². The highest BCUT2D eigenvalue weighted by molar-refractivity contribution is 5.83. The molecule has 2 heterocycles. The summed E-state index contributed by atoms with van der Waals surface area (Å²) in [5.41, 5.74) is 2.31. The molecule has 1 aromatic carbocycles. The van der Waals surface area contributed by atoms with Crippen molar-refractivity contribution in [2.75, 3.05) is 26.7 Å². The number of ether oxygens (including phenoxy) is 1. The number of hydrogen-bond acceptors (Lipinski definition) is 4. The van der Waals surface area contributed by atoms with E-state index in [0.717, 1.165) is 67.9 Å². The van der Waals surface area contributed by atoms with Crippen LogP contribution in [0.4, 0.5) is 0 Å². The fourth-order valence-corrected chi connectivity index (χ4v) is 6.12. The molecule has 2 fully saturated rings. The molecule has 1 saturated heterocycles. The second-order valence-corrected chi connectivity index (χ2v) is 10.2. The number of nitrogens with zero attached hydrogens (tertiary/aromatic N) is 2. The molecule has 0 amide bonds. The molecule has 0 radical (unpaired) electrons. The Morgan fingerprint density at radius 1 is 1.12 bits per heavy atom. The lowest BCUT2D eigenvalue weighted by Gasteiger charge is -2.39. The Morgan fingerprint density at radius 3 is 2.76 bits per heavy atom. The van der Waals surface area contributed by atoms with E-state index in [-0.39, 0.29) is 5.92 Å². The highest BCUT2D eigenvalue weighted by Gasteiger charge is 2.30. The zero-order valence-electron chi connectivity index (χ0n) is 20.2. The van der Waals surface area contributed by atoms with E-state index >= 15 is 0 Å². The maximum atomic E-state index is 11.6. The summed E-state index contributed by atoms with van der Waals surface area (Å²) in [6.07, 6.45) is 14.8. The van der Waals surface area contributed by atoms with Gasteiger partial charge in [-0.2, -0.15) is 0 Å². The van der Waals surface area contributed by atoms with Gasteiger partial charge in [0.2, 0.25) is 0 Å². The highest BCUT2D eigenvalue weighted by atomic mass is 16.5. The fraction of sp³-hybridized carbons (Fsp3) is 0.643. The molecule has 1 aliphatic carbocycles. The molecule has 2 aliphatic rings. The summed E-state index contributed by atoms with van der Waals surface area (Å²) in [6, 6.07) is 8.17. The van der Waals surface area contributed by atoms with E-state index in [9.17, 15) is 9.90 Å². The molecule has 1 aromatic heterocycles. The van der Waals surface area contributed by atoms with Crippen LogP contribution in [0.25, 0.3) is 10.9 Å². The van der Waals surface area contributed by atoms with Crippen molar-refractivity contribution in [2.24, 2.45) is 17.8 Å². The van der Waals surface area contributed by atoms with Crippen LogP contribution in [0.5, 0.6) is 5.75 Å². The number of aliphatic carboxylic acids is 1. The third kappa shape index (κ3) is 6.69. The van der Waals surface area contributed by atoms with Gasteiger partial charge in [0.1, 0.15) is 5.75 Å². The first-order chi connectivity index (χ1) is 16.1. The van der Waals surface area contributed by atoms with Crippen molar-refractivity contribution in [3.05, 3.63) is 36.0 Å². The molecule has 1 N–H and O–H groups in total. The minimum absolute atomic E-state index is 0.275. The molecular weight excluding hydrogens is 412 g/mol. The Hall–Kier alpha value is -2.14. The Morgan fingerprint density at radius 2 is 1.97 bits per heavy atom. The van der Waals surface area contributed by atoms with Gasteiger partial charge in [-0.15, -0.1) is 0 Å². The Kier molecular flexibility index (Phi) is 8.60. The molecule has 0 spiro atoms. The van der Waals surface area contributed by atoms with Crippen LogP contribution in [-0.2, 0) is 11.2 Å². The number of aryl methyl sites for hydroxylation is 1. The minimum atomic E-state index is -0.647. The van der Waals surface area contributed by atoms with E-state index in [4.69, 9.17) is 4.74 Å². The first kappa shape index (κ1) is 24.0. The number of methoxy groups -OCH3 is 1. The first-order valence-electron chi connectivity index (χ1n) is 13.0. The Labute approximate surface area is 198 Å². The molecule has 1 saturated carbocycles. The molecule has 2 atom stereocenters. The zero-order chi connectivity index (χ0) is 23.0. The average molecular weight is 453 g/mol. The highest BCUT2D eigenvalue weighted by Crippen LogP contribution is 2.33. The first-order valence-corrected chi connectivity index (χ1v) is 13.0. The lowest BCUT2D eigenvalue weighted by molar-refractivity contribution is -0.139. The monoisotopic (exact) mass is 452 g/mol. The predicted octanol–water partition coefficient (Wildman–Crippen LogP) is 5.95. The maximum absolute atomic E-state index is 11.6. The quantitative estimate of drug-likeness (QED) is 0.483. The van der Waals surface area contributed by atoms with Gasteiger partial charge in [0.15, 0.2) is 0 Å². The van der Waals surface area contributed by atoms with Gasteiger partial charge in [0.05, 0.1) is 12.6 Å². The number of benzene rings is 1. The van der Waals surface area contributed by atoms with Crippen LogP contribution in [0, 0.1) is 17.8 Å². The topological polar surface area (TPSA) is 62.7 Å². The van der Waals surface area contributed by atoms with Crippen LogP contribution >= 0.6 is 0 Å². The smallest absolute Gasteiger partial charge is 0.303 e. The molecule has 0 unspecified atom stereocenters. The molecular formula is C28H40N2O3. The van der Waals surface area contributed by atoms with E-state index in [0.29, 0.717) is 12.3 Å². The SMILES string of the molecule is COc1ccc2nccc(CCC[C@@H]3CCN(CCC4CCCCC4)C[C@@H]3CC(=O)O)c2c1. The summed E-state index contributed by atoms with van der Waals surface area (Å²) < 4.78 is 5.41. The lowest BCUT2D eigenvalue weighted by atomic mass is 9.79. The van der Waals surface area contributed by atoms with Crippen molar-refractivity contribution in [2.45, 2.75) is 70.6 Å². The summed E-state index contributed by atoms with van der Waals surface area (Å²) in [5.74, 6) is 1.89. The number of fused-ring (bicyclic) bond motifs is 1. The number of carboxylic acid groups (broad SMARTS) is 1. The van der Waals surface area contributed by atoms with Crippen LogP contribution in [0.3, 0.4) is 0 Å². The summed E-state index contributed by atoms with van der Waals surface area (Å²) >= 11 is 0. The van der Waals surface area contributed by atoms with Crippen LogP contribution < -0.4 is 4.74 Å². The van der Waals surface area contributed by atoms with Gasteiger partial charge in [-0.25, -0.2) is 0 Å². The van der Waals surface area contributed by atoms with Crippen LogP contribution in [-0.4, -0.2) is 47.7 Å². The predicted molar refractivity (Wildman–Crippen MR) is 133 cm³/mol. The van der Waals surface area contributed by atoms with E-state index < -0.39 is 5.97 Å². The molecule has 33 heavy (non-hydrogen) atoms. The molecule has 2 aromatic rings. The average Bonchev–Trinajstić information content (AvgIpc) is 2.84. The van der Waals surface area contributed by atoms with Crippen molar-refractivity contribution in [3.63, 3.8) is 0 Å². The van der Waals surface area contributed by atoms with Gasteiger partial charge >= 0.3 is 5.97 Å². The second kappa shape index (κ2) is 11.8. The number of likely N-dealkylation sites (tertiary alicyclic amines) is 1. The second-order valence-electron chi connectivity index (χ2n) is 10.2. The maximum Gasteiger partial charge on any atom is 0.303 e. The fourth-order valence-electron chi connectivity index (χ4n) is 6.12. The Bertz CT molecular complexity index is 909. The van der Waals surface area contributed by atoms with Gasteiger partial charge in [-0.1, -0.05) is 32.1 Å². The summed E-state index contributed by atoms with van der Waals surface area (Å²) in [7, 11) is 1.70. The van der Waals surface area contributed by atoms with Crippen molar-refractivity contribution < 1.29 is 14.6 Å². The number of carboxylic acids is 1. The summed E-state index contributed by atoms with van der Waals surface area (Å²) in [5, 5.41) is 10.7. The van der Waals surface area contributed by atoms with E-state index in [1.165, 1.54) is 44.1 Å². The zero-order valence-corrected chi connectivity index (χ0v) is 20.2. The van der Waals surface area contributed by atoms with Crippen molar-refractivity contribution in [1.29, 1.82) is 0 Å². The Balaban J connectivity index is 1.31. The standard InChI is InChI=1S/C28H40N2O3/c1-33-25-10-11-27-26(19-25)23(12-15-29-27)9-5-8-22-14-17-30(20-24(22)18-28(31)32)16-13-21-6-3-2-4-7-21/h10-12,15,19,21-22,24H,2-9,13-14,16-18,20H2,1H3,(H,31,32)/t22-,24+/m1/s1. The number of rotatable bonds is 10. The minimum Gasteiger partial charge on any atom is -0.497 e. The van der Waals surface area contributed by atoms with Gasteiger partial charge in [0, 0.05) is 24.5 Å². The van der Waals surface area contributed by atoms with E-state index in [2.05, 4.69) is 22.0 Å². The van der Waals surface area contributed by atoms with Gasteiger partial charge in [0.25, 0.3) is 0 Å². The number of pyridine rings is 1. The van der Waals surface area contributed by atoms with Crippen molar-refractivity contribution in [3.8, 4) is 5.75 Å². The molecule has 180 valence electrons. The van der Waals surface area contributed by atoms with Crippen LogP contribution in [0.15, 0.2) is 30.5 Å². The molecule has 4 rings (SSSR count). The van der Waals surface area contributed by atoms with Gasteiger partial charge in [-0.05, 0) is 92.8 Å². The van der Waals surface area contributed by atoms with Crippen LogP contribution in [0.2, 0.25) is 0 Å². The molecule has 1 aliphatic heterocycles. The third-order valence-corrected chi connectivity index (χ3v) is 8.05. The number of aromatic nitrogens is 1. The lowest BCUT2D eigenvalue weighted by Crippen LogP contribution is -2.42. The van der Waals surface area contributed by atoms with Crippen molar-refractivity contribution in [1.82, 2.24) is 9.88 Å². The summed E-state index contributed by atoms with van der Waals surface area (Å²) in [6.45, 7) is 3.24. The molecule has 0 bridgehead atoms. The van der Waals surface area contributed by atoms with Crippen molar-refractivity contribution >= 4 is 16.9 Å². The van der Waals surface area contributed by atoms with E-state index in [1.54, 1.807) is 7.11 Å². The largest absolute Gasteiger partial charge is 0.497 e. The summed E-state index contributed by atoms with van der Waals surface area (Å²) in [4.78, 5) is 18.6. The third-order valence-electron chi connectivity index (χ3n) is 8.05. The van der Waals surface area contributed by atoms with Gasteiger partial charge in [-0.3, -0.25) is 9.78 Å². The molecule has 5 heteroatoms. The normalized spacial score (nSPS) is 22.5. The number of carbonyl (C=O) groups is 1. The molecule has 5 nitrogen and oxygen atoms in total. The van der Waals surface area contributed by atoms with E-state index in [1.807, 2.05) is 18.3 Å². The number of hydrogen-bond donors (Lipinski definition) is 1. The van der Waals surface area contributed by atoms with Crippen LogP contribution in [0.1, 0.15) is 69.8 Å².